The summed E-state index contributed by atoms with van der Waals surface area (Å²) in [7, 11) is 0. The van der Waals surface area contributed by atoms with E-state index in [1.807, 2.05) is 53.4 Å². The van der Waals surface area contributed by atoms with Gasteiger partial charge in [0.25, 0.3) is 5.56 Å². The van der Waals surface area contributed by atoms with Crippen molar-refractivity contribution >= 4 is 28.7 Å². The summed E-state index contributed by atoms with van der Waals surface area (Å²) in [5, 5.41) is 8.77. The van der Waals surface area contributed by atoms with Gasteiger partial charge in [-0.3, -0.25) is 9.59 Å². The molecule has 0 bridgehead atoms. The Hall–Kier alpha value is -3.52. The molecule has 4 aromatic rings. The normalized spacial score (nSPS) is 14.6. The van der Waals surface area contributed by atoms with Crippen LogP contribution in [0.3, 0.4) is 0 Å². The average Bonchev–Trinajstić information content (AvgIpc) is 3.24. The minimum absolute atomic E-state index is 0.0589. The van der Waals surface area contributed by atoms with Crippen LogP contribution in [-0.4, -0.2) is 48.9 Å². The number of benzene rings is 2. The zero-order valence-corrected chi connectivity index (χ0v) is 18.7. The van der Waals surface area contributed by atoms with Crippen LogP contribution >= 0.6 is 11.6 Å². The summed E-state index contributed by atoms with van der Waals surface area (Å²) >= 11 is 6.20. The third-order valence-electron chi connectivity index (χ3n) is 6.10. The van der Waals surface area contributed by atoms with E-state index in [1.165, 1.54) is 0 Å². The molecule has 0 atom stereocenters. The third-order valence-corrected chi connectivity index (χ3v) is 6.47. The van der Waals surface area contributed by atoms with Gasteiger partial charge in [0.2, 0.25) is 5.91 Å². The summed E-state index contributed by atoms with van der Waals surface area (Å²) in [4.78, 5) is 34.8. The summed E-state index contributed by atoms with van der Waals surface area (Å²) in [6.45, 7) is 1.71. The monoisotopic (exact) mass is 462 g/mol. The molecule has 0 unspecified atom stereocenters. The Morgan fingerprint density at radius 1 is 1.06 bits per heavy atom. The van der Waals surface area contributed by atoms with Crippen LogP contribution in [0.1, 0.15) is 35.7 Å². The number of rotatable bonds is 5. The van der Waals surface area contributed by atoms with Gasteiger partial charge in [-0.25, -0.2) is 9.67 Å². The van der Waals surface area contributed by atoms with Crippen molar-refractivity contribution < 1.29 is 4.79 Å². The fraction of sp³-hybridized carbons (Fsp3) is 0.292. The maximum absolute atomic E-state index is 12.7. The molecule has 1 amide bonds. The highest BCUT2D eigenvalue weighted by atomic mass is 35.5. The van der Waals surface area contributed by atoms with E-state index in [1.54, 1.807) is 10.7 Å². The minimum atomic E-state index is -0.286. The molecule has 2 aromatic carbocycles. The second-order valence-corrected chi connectivity index (χ2v) is 8.69. The van der Waals surface area contributed by atoms with Crippen molar-refractivity contribution in [3.05, 3.63) is 86.9 Å². The number of amides is 1. The van der Waals surface area contributed by atoms with Crippen LogP contribution in [0, 0.1) is 0 Å². The van der Waals surface area contributed by atoms with Crippen molar-refractivity contribution in [2.24, 2.45) is 0 Å². The van der Waals surface area contributed by atoms with E-state index in [0.717, 1.165) is 24.0 Å². The number of nitrogens with zero attached hydrogens (tertiary/aromatic N) is 5. The second-order valence-electron chi connectivity index (χ2n) is 8.28. The first-order valence-corrected chi connectivity index (χ1v) is 11.3. The largest absolute Gasteiger partial charge is 0.342 e. The zero-order valence-electron chi connectivity index (χ0n) is 17.9. The molecule has 0 saturated carbocycles. The number of aromatic nitrogens is 5. The highest BCUT2D eigenvalue weighted by Crippen LogP contribution is 2.26. The van der Waals surface area contributed by atoms with Gasteiger partial charge in [-0.2, -0.15) is 0 Å². The number of fused-ring (bicyclic) bond motifs is 1. The van der Waals surface area contributed by atoms with Crippen molar-refractivity contribution in [3.8, 4) is 0 Å². The fourth-order valence-electron chi connectivity index (χ4n) is 4.26. The molecule has 9 heteroatoms. The van der Waals surface area contributed by atoms with Crippen LogP contribution in [0.2, 0.25) is 5.02 Å². The SMILES string of the molecule is O=C(Cc1ccccc1Cl)N1CCC(c2nc3c(nnn3Cc3ccccc3)c(=O)[nH]2)CC1. The van der Waals surface area contributed by atoms with E-state index >= 15 is 0 Å². The first-order chi connectivity index (χ1) is 16.1. The first-order valence-electron chi connectivity index (χ1n) is 11.0. The topological polar surface area (TPSA) is 96.8 Å². The van der Waals surface area contributed by atoms with Gasteiger partial charge < -0.3 is 9.88 Å². The number of carbonyl (C=O) groups excluding carboxylic acids is 1. The molecule has 1 saturated heterocycles. The van der Waals surface area contributed by atoms with Crippen LogP contribution in [0.5, 0.6) is 0 Å². The van der Waals surface area contributed by atoms with Gasteiger partial charge in [0.15, 0.2) is 11.2 Å². The molecule has 33 heavy (non-hydrogen) atoms. The van der Waals surface area contributed by atoms with Crippen molar-refractivity contribution in [1.29, 1.82) is 0 Å². The molecular formula is C24H23ClN6O2. The van der Waals surface area contributed by atoms with Gasteiger partial charge in [0, 0.05) is 24.0 Å². The Kier molecular flexibility index (Phi) is 5.92. The Bertz CT molecular complexity index is 1340. The Balaban J connectivity index is 1.30. The minimum Gasteiger partial charge on any atom is -0.342 e. The van der Waals surface area contributed by atoms with E-state index in [4.69, 9.17) is 16.6 Å². The van der Waals surface area contributed by atoms with Crippen molar-refractivity contribution in [2.45, 2.75) is 31.7 Å². The van der Waals surface area contributed by atoms with Crippen LogP contribution in [-0.2, 0) is 17.8 Å². The molecule has 1 fully saturated rings. The highest BCUT2D eigenvalue weighted by molar-refractivity contribution is 6.31. The molecular weight excluding hydrogens is 440 g/mol. The lowest BCUT2D eigenvalue weighted by Gasteiger charge is -2.31. The quantitative estimate of drug-likeness (QED) is 0.491. The second kappa shape index (κ2) is 9.15. The number of H-pyrrole nitrogens is 1. The lowest BCUT2D eigenvalue weighted by atomic mass is 9.95. The molecule has 3 heterocycles. The summed E-state index contributed by atoms with van der Waals surface area (Å²) < 4.78 is 1.66. The van der Waals surface area contributed by atoms with Gasteiger partial charge in [-0.05, 0) is 30.0 Å². The van der Waals surface area contributed by atoms with Crippen molar-refractivity contribution in [3.63, 3.8) is 0 Å². The third kappa shape index (κ3) is 4.52. The highest BCUT2D eigenvalue weighted by Gasteiger charge is 2.26. The molecule has 1 N–H and O–H groups in total. The number of carbonyl (C=O) groups is 1. The summed E-state index contributed by atoms with van der Waals surface area (Å²) in [6.07, 6.45) is 1.74. The van der Waals surface area contributed by atoms with Gasteiger partial charge in [-0.15, -0.1) is 5.10 Å². The van der Waals surface area contributed by atoms with E-state index in [9.17, 15) is 9.59 Å². The average molecular weight is 463 g/mol. The maximum atomic E-state index is 12.7. The van der Waals surface area contributed by atoms with Gasteiger partial charge in [0.1, 0.15) is 5.82 Å². The molecule has 1 aliphatic rings. The standard InChI is InChI=1S/C24H23ClN6O2/c25-19-9-5-4-8-18(19)14-20(32)30-12-10-17(11-13-30)22-26-23-21(24(33)27-22)28-29-31(23)15-16-6-2-1-3-7-16/h1-9,17H,10-15H2,(H,26,27,33). The number of hydrogen-bond acceptors (Lipinski definition) is 5. The van der Waals surface area contributed by atoms with Crippen LogP contribution in [0.25, 0.3) is 11.2 Å². The Morgan fingerprint density at radius 3 is 2.55 bits per heavy atom. The molecule has 0 spiro atoms. The van der Waals surface area contributed by atoms with Gasteiger partial charge in [0.05, 0.1) is 13.0 Å². The van der Waals surface area contributed by atoms with Gasteiger partial charge in [-0.1, -0.05) is 65.3 Å². The summed E-state index contributed by atoms with van der Waals surface area (Å²) in [5.74, 6) is 0.748. The van der Waals surface area contributed by atoms with Crippen molar-refractivity contribution in [2.75, 3.05) is 13.1 Å². The number of halogens is 1. The van der Waals surface area contributed by atoms with Crippen LogP contribution in [0.15, 0.2) is 59.4 Å². The van der Waals surface area contributed by atoms with Gasteiger partial charge >= 0.3 is 0 Å². The lowest BCUT2D eigenvalue weighted by molar-refractivity contribution is -0.131. The zero-order chi connectivity index (χ0) is 22.8. The lowest BCUT2D eigenvalue weighted by Crippen LogP contribution is -2.39. The molecule has 5 rings (SSSR count). The van der Waals surface area contributed by atoms with Crippen LogP contribution in [0.4, 0.5) is 0 Å². The predicted octanol–water partition coefficient (Wildman–Crippen LogP) is 3.17. The maximum Gasteiger partial charge on any atom is 0.281 e. The Morgan fingerprint density at radius 2 is 1.79 bits per heavy atom. The number of piperidine rings is 1. The number of nitrogens with one attached hydrogen (secondary N) is 1. The fourth-order valence-corrected chi connectivity index (χ4v) is 4.46. The predicted molar refractivity (Wildman–Crippen MR) is 125 cm³/mol. The smallest absolute Gasteiger partial charge is 0.281 e. The van der Waals surface area contributed by atoms with E-state index in [0.29, 0.717) is 36.1 Å². The molecule has 8 nitrogen and oxygen atoms in total. The number of aromatic amines is 1. The molecule has 2 aromatic heterocycles. The number of hydrogen-bond donors (Lipinski definition) is 1. The molecule has 0 aliphatic carbocycles. The van der Waals surface area contributed by atoms with E-state index < -0.39 is 0 Å². The van der Waals surface area contributed by atoms with Crippen molar-refractivity contribution in [1.82, 2.24) is 29.9 Å². The van der Waals surface area contributed by atoms with Crippen LogP contribution < -0.4 is 5.56 Å². The summed E-state index contributed by atoms with van der Waals surface area (Å²) in [5.41, 5.74) is 2.32. The summed E-state index contributed by atoms with van der Waals surface area (Å²) in [6, 6.07) is 17.3. The molecule has 0 radical (unpaired) electrons. The Labute approximate surface area is 195 Å². The van der Waals surface area contributed by atoms with E-state index in [-0.39, 0.29) is 29.3 Å². The first kappa shape index (κ1) is 21.3. The molecule has 168 valence electrons. The number of likely N-dealkylation sites (tertiary alicyclic amines) is 1. The molecule has 1 aliphatic heterocycles. The van der Waals surface area contributed by atoms with E-state index in [2.05, 4.69) is 15.3 Å².